The molecule has 0 saturated heterocycles. The van der Waals surface area contributed by atoms with Gasteiger partial charge >= 0.3 is 0 Å². The molecule has 118 valence electrons. The van der Waals surface area contributed by atoms with Crippen molar-refractivity contribution < 1.29 is 0 Å². The predicted octanol–water partition coefficient (Wildman–Crippen LogP) is 3.78. The molecular formula is C18H25N3S. The lowest BCUT2D eigenvalue weighted by Crippen LogP contribution is -2.37. The summed E-state index contributed by atoms with van der Waals surface area (Å²) in [5, 5.41) is 6.91. The summed E-state index contributed by atoms with van der Waals surface area (Å²) >= 11 is 1.89. The van der Waals surface area contributed by atoms with E-state index < -0.39 is 0 Å². The van der Waals surface area contributed by atoms with Crippen molar-refractivity contribution in [3.8, 4) is 0 Å². The molecule has 1 atom stereocenters. The first-order chi connectivity index (χ1) is 10.7. The zero-order valence-corrected chi connectivity index (χ0v) is 14.6. The van der Waals surface area contributed by atoms with Gasteiger partial charge in [-0.3, -0.25) is 5.01 Å². The summed E-state index contributed by atoms with van der Waals surface area (Å²) in [6, 6.07) is 4.89. The maximum Gasteiger partial charge on any atom is 0.0776 e. The number of hydrazone groups is 1. The minimum absolute atomic E-state index is 0.429. The Morgan fingerprint density at radius 1 is 1.27 bits per heavy atom. The van der Waals surface area contributed by atoms with Crippen molar-refractivity contribution in [2.75, 3.05) is 26.2 Å². The van der Waals surface area contributed by atoms with Gasteiger partial charge in [-0.2, -0.15) is 5.10 Å². The van der Waals surface area contributed by atoms with Crippen LogP contribution in [-0.2, 0) is 0 Å². The maximum absolute atomic E-state index is 4.64. The summed E-state index contributed by atoms with van der Waals surface area (Å²) in [5.41, 5.74) is 2.81. The van der Waals surface area contributed by atoms with Crippen LogP contribution in [0, 0.1) is 6.92 Å². The van der Waals surface area contributed by atoms with Crippen LogP contribution in [0.4, 0.5) is 0 Å². The van der Waals surface area contributed by atoms with E-state index in [0.29, 0.717) is 6.04 Å². The molecule has 1 aliphatic heterocycles. The summed E-state index contributed by atoms with van der Waals surface area (Å²) in [7, 11) is 0. The van der Waals surface area contributed by atoms with E-state index in [1.807, 2.05) is 17.6 Å². The summed E-state index contributed by atoms with van der Waals surface area (Å²) in [6.07, 6.45) is 7.64. The van der Waals surface area contributed by atoms with Crippen LogP contribution < -0.4 is 0 Å². The van der Waals surface area contributed by atoms with Crippen molar-refractivity contribution in [1.29, 1.82) is 0 Å². The summed E-state index contributed by atoms with van der Waals surface area (Å²) in [6.45, 7) is 10.9. The van der Waals surface area contributed by atoms with Gasteiger partial charge in [0.15, 0.2) is 0 Å². The Labute approximate surface area is 137 Å². The van der Waals surface area contributed by atoms with Gasteiger partial charge in [0.25, 0.3) is 0 Å². The summed E-state index contributed by atoms with van der Waals surface area (Å²) in [4.78, 5) is 5.24. The van der Waals surface area contributed by atoms with Gasteiger partial charge in [0.1, 0.15) is 0 Å². The smallest absolute Gasteiger partial charge is 0.0776 e. The lowest BCUT2D eigenvalue weighted by molar-refractivity contribution is 0.201. The van der Waals surface area contributed by atoms with Gasteiger partial charge in [-0.15, -0.1) is 11.3 Å². The number of allylic oxidation sites excluding steroid dienone is 2. The molecule has 22 heavy (non-hydrogen) atoms. The molecule has 0 fully saturated rings. The van der Waals surface area contributed by atoms with Gasteiger partial charge in [-0.05, 0) is 43.3 Å². The minimum atomic E-state index is 0.429. The second-order valence-corrected chi connectivity index (χ2v) is 7.21. The minimum Gasteiger partial charge on any atom is -0.302 e. The molecule has 1 aromatic rings. The van der Waals surface area contributed by atoms with E-state index in [0.717, 1.165) is 32.6 Å². The molecule has 2 heterocycles. The molecule has 3 rings (SSSR count). The van der Waals surface area contributed by atoms with Crippen LogP contribution in [0.2, 0.25) is 0 Å². The number of aryl methyl sites for hydroxylation is 1. The molecule has 1 aliphatic carbocycles. The van der Waals surface area contributed by atoms with Crippen molar-refractivity contribution in [2.45, 2.75) is 33.2 Å². The number of fused-ring (bicyclic) bond motifs is 1. The number of likely N-dealkylation sites (N-methyl/N-ethyl adjacent to an activating group) is 1. The Bertz CT molecular complexity index is 608. The highest BCUT2D eigenvalue weighted by Crippen LogP contribution is 2.35. The van der Waals surface area contributed by atoms with Crippen LogP contribution in [0.3, 0.4) is 0 Å². The van der Waals surface area contributed by atoms with Crippen LogP contribution in [0.25, 0.3) is 5.57 Å². The van der Waals surface area contributed by atoms with Crippen LogP contribution in [0.5, 0.6) is 0 Å². The molecule has 0 bridgehead atoms. The molecule has 0 radical (unpaired) electrons. The number of rotatable bonds is 6. The number of hydrogen-bond donors (Lipinski definition) is 0. The third-order valence-electron chi connectivity index (χ3n) is 4.59. The number of thiophene rings is 1. The highest BCUT2D eigenvalue weighted by atomic mass is 32.1. The zero-order chi connectivity index (χ0) is 15.5. The quantitative estimate of drug-likeness (QED) is 0.795. The molecule has 0 N–H and O–H groups in total. The summed E-state index contributed by atoms with van der Waals surface area (Å²) in [5.74, 6) is 0. The lowest BCUT2D eigenvalue weighted by atomic mass is 9.93. The van der Waals surface area contributed by atoms with E-state index in [-0.39, 0.29) is 0 Å². The Kier molecular flexibility index (Phi) is 4.79. The van der Waals surface area contributed by atoms with Crippen molar-refractivity contribution >= 4 is 23.1 Å². The molecule has 4 heteroatoms. The van der Waals surface area contributed by atoms with E-state index >= 15 is 0 Å². The lowest BCUT2D eigenvalue weighted by Gasteiger charge is -2.29. The van der Waals surface area contributed by atoms with Crippen LogP contribution in [0.1, 0.15) is 30.0 Å². The molecule has 0 saturated carbocycles. The van der Waals surface area contributed by atoms with E-state index in [2.05, 4.69) is 60.1 Å². The third kappa shape index (κ3) is 3.18. The monoisotopic (exact) mass is 315 g/mol. The predicted molar refractivity (Wildman–Crippen MR) is 96.5 cm³/mol. The Hall–Kier alpha value is -1.39. The van der Waals surface area contributed by atoms with Crippen molar-refractivity contribution in [2.24, 2.45) is 5.10 Å². The fraction of sp³-hybridized carbons (Fsp3) is 0.500. The van der Waals surface area contributed by atoms with Crippen molar-refractivity contribution in [3.05, 3.63) is 39.6 Å². The van der Waals surface area contributed by atoms with Crippen molar-refractivity contribution in [1.82, 2.24) is 9.91 Å². The Morgan fingerprint density at radius 2 is 2.09 bits per heavy atom. The Balaban J connectivity index is 1.67. The average Bonchev–Trinajstić information content (AvgIpc) is 3.14. The van der Waals surface area contributed by atoms with Crippen LogP contribution in [0.15, 0.2) is 35.0 Å². The van der Waals surface area contributed by atoms with Gasteiger partial charge in [0, 0.05) is 29.3 Å². The molecule has 1 aromatic heterocycles. The maximum atomic E-state index is 4.64. The summed E-state index contributed by atoms with van der Waals surface area (Å²) < 4.78 is 0. The number of nitrogens with zero attached hydrogens (tertiary/aromatic N) is 3. The van der Waals surface area contributed by atoms with Gasteiger partial charge < -0.3 is 4.90 Å². The second-order valence-electron chi connectivity index (χ2n) is 5.92. The van der Waals surface area contributed by atoms with E-state index in [9.17, 15) is 0 Å². The molecule has 3 nitrogen and oxygen atoms in total. The van der Waals surface area contributed by atoms with Gasteiger partial charge in [0.05, 0.1) is 12.3 Å². The highest BCUT2D eigenvalue weighted by Gasteiger charge is 2.29. The first kappa shape index (κ1) is 15.5. The average molecular weight is 315 g/mol. The molecule has 0 amide bonds. The van der Waals surface area contributed by atoms with E-state index in [1.54, 1.807) is 0 Å². The normalized spacial score (nSPS) is 20.4. The Morgan fingerprint density at radius 3 is 2.77 bits per heavy atom. The largest absolute Gasteiger partial charge is 0.302 e. The molecular weight excluding hydrogens is 290 g/mol. The molecule has 2 aliphatic rings. The van der Waals surface area contributed by atoms with Crippen LogP contribution in [-0.4, -0.2) is 48.3 Å². The fourth-order valence-corrected chi connectivity index (χ4v) is 4.02. The van der Waals surface area contributed by atoms with Crippen molar-refractivity contribution in [3.63, 3.8) is 0 Å². The van der Waals surface area contributed by atoms with Gasteiger partial charge in [0.2, 0.25) is 0 Å². The fourth-order valence-electron chi connectivity index (χ4n) is 3.12. The molecule has 0 aromatic carbocycles. The first-order valence-electron chi connectivity index (χ1n) is 8.21. The van der Waals surface area contributed by atoms with E-state index in [1.165, 1.54) is 20.9 Å². The topological polar surface area (TPSA) is 18.8 Å². The van der Waals surface area contributed by atoms with E-state index in [4.69, 9.17) is 0 Å². The standard InChI is InChI=1S/C18H25N3S/c1-4-20(5-2)10-11-21-17-12-15(7-8-16(17)13-19-21)18-9-6-14(3)22-18/h6-9,13,17H,4-5,10-12H2,1-3H3. The molecule has 1 unspecified atom stereocenters. The van der Waals surface area contributed by atoms with Crippen LogP contribution >= 0.6 is 11.3 Å². The van der Waals surface area contributed by atoms with Gasteiger partial charge in [-0.1, -0.05) is 26.0 Å². The first-order valence-corrected chi connectivity index (χ1v) is 9.03. The second kappa shape index (κ2) is 6.80. The number of hydrogen-bond acceptors (Lipinski definition) is 4. The molecule has 0 spiro atoms. The SMILES string of the molecule is CCN(CC)CCN1N=CC2=CC=C(c3ccc(C)s3)CC21. The van der Waals surface area contributed by atoms with Gasteiger partial charge in [-0.25, -0.2) is 0 Å². The third-order valence-corrected chi connectivity index (χ3v) is 5.66. The zero-order valence-electron chi connectivity index (χ0n) is 13.7. The highest BCUT2D eigenvalue weighted by molar-refractivity contribution is 7.13.